The van der Waals surface area contributed by atoms with Gasteiger partial charge in [-0.3, -0.25) is 0 Å². The Bertz CT molecular complexity index is 447. The average molecular weight is 279 g/mol. The Morgan fingerprint density at radius 2 is 2.06 bits per heavy atom. The lowest BCUT2D eigenvalue weighted by Crippen LogP contribution is -1.81. The summed E-state index contributed by atoms with van der Waals surface area (Å²) in [6.45, 7) is 0. The molecule has 16 heavy (non-hydrogen) atoms. The van der Waals surface area contributed by atoms with E-state index < -0.39 is 0 Å². The molecule has 1 aromatic carbocycles. The van der Waals surface area contributed by atoms with E-state index in [-0.39, 0.29) is 0 Å². The molecule has 0 aliphatic carbocycles. The van der Waals surface area contributed by atoms with Crippen LogP contribution in [0.5, 0.6) is 0 Å². The van der Waals surface area contributed by atoms with Gasteiger partial charge in [0.25, 0.3) is 0 Å². The van der Waals surface area contributed by atoms with Gasteiger partial charge >= 0.3 is 0 Å². The van der Waals surface area contributed by atoms with Crippen molar-refractivity contribution in [2.24, 2.45) is 0 Å². The van der Waals surface area contributed by atoms with Crippen molar-refractivity contribution in [3.8, 4) is 11.4 Å². The van der Waals surface area contributed by atoms with E-state index in [1.165, 1.54) is 5.56 Å². The topological polar surface area (TPSA) is 54.5 Å². The van der Waals surface area contributed by atoms with Crippen molar-refractivity contribution in [1.29, 1.82) is 0 Å². The predicted octanol–water partition coefficient (Wildman–Crippen LogP) is 2.66. The molecule has 0 aliphatic heterocycles. The van der Waals surface area contributed by atoms with Crippen LogP contribution >= 0.6 is 15.9 Å². The van der Waals surface area contributed by atoms with Crippen molar-refractivity contribution in [2.75, 3.05) is 5.33 Å². The molecule has 1 N–H and O–H groups in total. The quantitative estimate of drug-likeness (QED) is 0.875. The van der Waals surface area contributed by atoms with E-state index in [1.54, 1.807) is 0 Å². The summed E-state index contributed by atoms with van der Waals surface area (Å²) in [6, 6.07) is 8.05. The van der Waals surface area contributed by atoms with Crippen LogP contribution in [-0.2, 0) is 0 Å². The van der Waals surface area contributed by atoms with Crippen LogP contribution in [0.1, 0.15) is 12.0 Å². The number of benzene rings is 1. The van der Waals surface area contributed by atoms with Crippen molar-refractivity contribution >= 4 is 22.0 Å². The van der Waals surface area contributed by atoms with Crippen molar-refractivity contribution in [3.05, 3.63) is 35.9 Å². The molecule has 2 rings (SSSR count). The number of alkyl halides is 1. The first-order valence-corrected chi connectivity index (χ1v) is 6.08. The highest BCUT2D eigenvalue weighted by Gasteiger charge is 2.00. The Morgan fingerprint density at radius 1 is 1.25 bits per heavy atom. The minimum atomic E-state index is 0.621. The van der Waals surface area contributed by atoms with E-state index >= 15 is 0 Å². The van der Waals surface area contributed by atoms with E-state index in [4.69, 9.17) is 0 Å². The van der Waals surface area contributed by atoms with Crippen molar-refractivity contribution in [1.82, 2.24) is 20.6 Å². The lowest BCUT2D eigenvalue weighted by Gasteiger charge is -1.96. The van der Waals surface area contributed by atoms with Crippen LogP contribution in [0.15, 0.2) is 30.3 Å². The molecule has 5 heteroatoms. The fourth-order valence-electron chi connectivity index (χ4n) is 1.31. The van der Waals surface area contributed by atoms with Crippen molar-refractivity contribution < 1.29 is 0 Å². The Hall–Kier alpha value is -1.49. The SMILES string of the molecule is BrCCC=Cc1ccc(-c2nn[nH]n2)cc1. The molecule has 0 saturated carbocycles. The van der Waals surface area contributed by atoms with Crippen LogP contribution in [0.3, 0.4) is 0 Å². The molecule has 0 unspecified atom stereocenters. The van der Waals surface area contributed by atoms with Gasteiger partial charge in [-0.1, -0.05) is 52.3 Å². The molecule has 0 fully saturated rings. The largest absolute Gasteiger partial charge is 0.204 e. The number of aromatic amines is 1. The number of aromatic nitrogens is 4. The zero-order valence-corrected chi connectivity index (χ0v) is 10.2. The normalized spacial score (nSPS) is 11.1. The van der Waals surface area contributed by atoms with Crippen LogP contribution < -0.4 is 0 Å². The summed E-state index contributed by atoms with van der Waals surface area (Å²) in [5.74, 6) is 0.621. The second kappa shape index (κ2) is 5.55. The van der Waals surface area contributed by atoms with Gasteiger partial charge in [0, 0.05) is 10.9 Å². The Labute approximate surface area is 102 Å². The summed E-state index contributed by atoms with van der Waals surface area (Å²) in [5, 5.41) is 14.8. The van der Waals surface area contributed by atoms with Gasteiger partial charge < -0.3 is 0 Å². The van der Waals surface area contributed by atoms with Gasteiger partial charge in [-0.05, 0) is 17.2 Å². The van der Waals surface area contributed by atoms with E-state index in [0.717, 1.165) is 17.3 Å². The smallest absolute Gasteiger partial charge is 0.177 e. The van der Waals surface area contributed by atoms with Gasteiger partial charge in [0.15, 0.2) is 0 Å². The van der Waals surface area contributed by atoms with Crippen molar-refractivity contribution in [2.45, 2.75) is 6.42 Å². The highest BCUT2D eigenvalue weighted by Crippen LogP contribution is 2.14. The first-order chi connectivity index (χ1) is 7.90. The fraction of sp³-hybridized carbons (Fsp3) is 0.182. The predicted molar refractivity (Wildman–Crippen MR) is 67.1 cm³/mol. The summed E-state index contributed by atoms with van der Waals surface area (Å²) in [6.07, 6.45) is 5.27. The maximum absolute atomic E-state index is 3.92. The number of nitrogens with zero attached hydrogens (tertiary/aromatic N) is 3. The van der Waals surface area contributed by atoms with Crippen LogP contribution in [0.25, 0.3) is 17.5 Å². The Morgan fingerprint density at radius 3 is 2.69 bits per heavy atom. The molecule has 2 aromatic rings. The maximum Gasteiger partial charge on any atom is 0.204 e. The number of allylic oxidation sites excluding steroid dienone is 1. The van der Waals surface area contributed by atoms with Crippen molar-refractivity contribution in [3.63, 3.8) is 0 Å². The van der Waals surface area contributed by atoms with Gasteiger partial charge in [-0.2, -0.15) is 5.21 Å². The molecular weight excluding hydrogens is 268 g/mol. The number of hydrogen-bond acceptors (Lipinski definition) is 3. The average Bonchev–Trinajstić information content (AvgIpc) is 2.84. The van der Waals surface area contributed by atoms with E-state index in [2.05, 4.69) is 48.7 Å². The lowest BCUT2D eigenvalue weighted by molar-refractivity contribution is 0.881. The van der Waals surface area contributed by atoms with Crippen LogP contribution in [0.4, 0.5) is 0 Å². The molecule has 0 spiro atoms. The zero-order valence-electron chi connectivity index (χ0n) is 8.60. The van der Waals surface area contributed by atoms with Gasteiger partial charge in [-0.15, -0.1) is 10.2 Å². The third kappa shape index (κ3) is 2.76. The first-order valence-electron chi connectivity index (χ1n) is 4.96. The van der Waals surface area contributed by atoms with Crippen LogP contribution in [0.2, 0.25) is 0 Å². The second-order valence-corrected chi connectivity index (χ2v) is 4.03. The molecular formula is C11H11BrN4. The summed E-state index contributed by atoms with van der Waals surface area (Å²) < 4.78 is 0. The summed E-state index contributed by atoms with van der Waals surface area (Å²) in [5.41, 5.74) is 2.14. The number of halogens is 1. The monoisotopic (exact) mass is 278 g/mol. The lowest BCUT2D eigenvalue weighted by atomic mass is 10.1. The van der Waals surface area contributed by atoms with Crippen LogP contribution in [-0.4, -0.2) is 26.0 Å². The third-order valence-corrected chi connectivity index (χ3v) is 2.56. The summed E-state index contributed by atoms with van der Waals surface area (Å²) in [4.78, 5) is 0. The number of tetrazole rings is 1. The number of H-pyrrole nitrogens is 1. The van der Waals surface area contributed by atoms with E-state index in [1.807, 2.05) is 24.3 Å². The maximum atomic E-state index is 3.92. The Kier molecular flexibility index (Phi) is 3.82. The molecule has 0 aliphatic rings. The highest BCUT2D eigenvalue weighted by atomic mass is 79.9. The molecule has 1 aromatic heterocycles. The van der Waals surface area contributed by atoms with Gasteiger partial charge in [0.2, 0.25) is 5.82 Å². The minimum Gasteiger partial charge on any atom is -0.177 e. The number of hydrogen-bond donors (Lipinski definition) is 1. The highest BCUT2D eigenvalue weighted by molar-refractivity contribution is 9.09. The molecule has 0 amide bonds. The molecule has 4 nitrogen and oxygen atoms in total. The minimum absolute atomic E-state index is 0.621. The zero-order chi connectivity index (χ0) is 11.2. The fourth-order valence-corrected chi connectivity index (χ4v) is 1.57. The van der Waals surface area contributed by atoms with Gasteiger partial charge in [-0.25, -0.2) is 0 Å². The van der Waals surface area contributed by atoms with Gasteiger partial charge in [0.05, 0.1) is 0 Å². The molecule has 0 bridgehead atoms. The first kappa shape index (κ1) is 11.0. The standard InChI is InChI=1S/C11H11BrN4/c12-8-2-1-3-9-4-6-10(7-5-9)11-13-15-16-14-11/h1,3-7H,2,8H2,(H,13,14,15,16). The molecule has 1 heterocycles. The number of rotatable bonds is 4. The molecule has 0 atom stereocenters. The third-order valence-electron chi connectivity index (χ3n) is 2.10. The van der Waals surface area contributed by atoms with Gasteiger partial charge in [0.1, 0.15) is 0 Å². The second-order valence-electron chi connectivity index (χ2n) is 3.24. The Balaban J connectivity index is 2.11. The molecule has 0 saturated heterocycles. The summed E-state index contributed by atoms with van der Waals surface area (Å²) in [7, 11) is 0. The molecule has 82 valence electrons. The van der Waals surface area contributed by atoms with Crippen LogP contribution in [0, 0.1) is 0 Å². The summed E-state index contributed by atoms with van der Waals surface area (Å²) >= 11 is 3.38. The number of nitrogens with one attached hydrogen (secondary N) is 1. The van der Waals surface area contributed by atoms with E-state index in [0.29, 0.717) is 5.82 Å². The van der Waals surface area contributed by atoms with E-state index in [9.17, 15) is 0 Å². The molecule has 0 radical (unpaired) electrons.